The fourth-order valence-electron chi connectivity index (χ4n) is 2.82. The van der Waals surface area contributed by atoms with Gasteiger partial charge < -0.3 is 15.4 Å². The summed E-state index contributed by atoms with van der Waals surface area (Å²) in [5.74, 6) is -1.61. The maximum absolute atomic E-state index is 13.0. The second-order valence-corrected chi connectivity index (χ2v) is 8.82. The fourth-order valence-corrected chi connectivity index (χ4v) is 4.36. The van der Waals surface area contributed by atoms with Gasteiger partial charge in [0, 0.05) is 15.6 Å². The first kappa shape index (κ1) is 24.1. The molecule has 2 N–H and O–H groups in total. The van der Waals surface area contributed by atoms with Gasteiger partial charge >= 0.3 is 5.97 Å². The Morgan fingerprint density at radius 1 is 0.938 bits per heavy atom. The molecule has 166 valence electrons. The van der Waals surface area contributed by atoms with Gasteiger partial charge in [-0.3, -0.25) is 9.59 Å². The molecule has 2 amide bonds. The number of benzene rings is 2. The summed E-state index contributed by atoms with van der Waals surface area (Å²) >= 11 is 18.9. The average Bonchev–Trinajstić information content (AvgIpc) is 3.07. The smallest absolute Gasteiger partial charge is 0.341 e. The lowest BCUT2D eigenvalue weighted by molar-refractivity contribution is 0.0527. The summed E-state index contributed by atoms with van der Waals surface area (Å²) in [6.07, 6.45) is 0. The molecule has 0 aliphatic heterocycles. The Hall–Kier alpha value is -2.58. The number of anilines is 2. The molecule has 0 spiro atoms. The zero-order valence-electron chi connectivity index (χ0n) is 16.9. The van der Waals surface area contributed by atoms with Gasteiger partial charge in [-0.2, -0.15) is 0 Å². The highest BCUT2D eigenvalue weighted by Crippen LogP contribution is 2.35. The van der Waals surface area contributed by atoms with Gasteiger partial charge in [-0.15, -0.1) is 11.3 Å². The lowest BCUT2D eigenvalue weighted by Crippen LogP contribution is -2.15. The van der Waals surface area contributed by atoms with Gasteiger partial charge in [-0.1, -0.05) is 34.8 Å². The van der Waals surface area contributed by atoms with Crippen molar-refractivity contribution in [3.63, 3.8) is 0 Å². The Kier molecular flexibility index (Phi) is 7.79. The highest BCUT2D eigenvalue weighted by molar-refractivity contribution is 7.19. The molecule has 32 heavy (non-hydrogen) atoms. The summed E-state index contributed by atoms with van der Waals surface area (Å²) in [5, 5.41) is 6.77. The third-order valence-electron chi connectivity index (χ3n) is 4.34. The van der Waals surface area contributed by atoms with Crippen molar-refractivity contribution < 1.29 is 19.1 Å². The maximum Gasteiger partial charge on any atom is 0.341 e. The minimum absolute atomic E-state index is 0.113. The van der Waals surface area contributed by atoms with E-state index in [1.54, 1.807) is 50.2 Å². The zero-order chi connectivity index (χ0) is 23.4. The van der Waals surface area contributed by atoms with E-state index in [2.05, 4.69) is 10.6 Å². The Bertz CT molecular complexity index is 1190. The van der Waals surface area contributed by atoms with Crippen molar-refractivity contribution in [1.29, 1.82) is 0 Å². The Balaban J connectivity index is 1.96. The van der Waals surface area contributed by atoms with E-state index in [1.165, 1.54) is 6.07 Å². The van der Waals surface area contributed by atoms with Crippen molar-refractivity contribution in [2.24, 2.45) is 0 Å². The van der Waals surface area contributed by atoms with Crippen molar-refractivity contribution in [3.8, 4) is 0 Å². The molecule has 3 rings (SSSR count). The van der Waals surface area contributed by atoms with E-state index in [0.717, 1.165) is 11.3 Å². The number of nitrogens with one attached hydrogen (secondary N) is 2. The molecular weight excluding hydrogens is 495 g/mol. The Morgan fingerprint density at radius 3 is 2.25 bits per heavy atom. The number of halogens is 3. The number of thiophene rings is 1. The van der Waals surface area contributed by atoms with Gasteiger partial charge in [0.25, 0.3) is 11.8 Å². The SMILES string of the molecule is CCOC(=O)c1c(NC(=O)c2ccc(Cl)cc2)sc(C(=O)Nc2cc(Cl)ccc2Cl)c1C. The molecule has 0 radical (unpaired) electrons. The summed E-state index contributed by atoms with van der Waals surface area (Å²) in [4.78, 5) is 38.5. The summed E-state index contributed by atoms with van der Waals surface area (Å²) in [6.45, 7) is 3.41. The topological polar surface area (TPSA) is 84.5 Å². The van der Waals surface area contributed by atoms with Crippen molar-refractivity contribution in [3.05, 3.63) is 79.1 Å². The van der Waals surface area contributed by atoms with Gasteiger partial charge in [0.2, 0.25) is 0 Å². The average molecular weight is 512 g/mol. The van der Waals surface area contributed by atoms with Crippen LogP contribution in [-0.2, 0) is 4.74 Å². The molecule has 1 heterocycles. The second-order valence-electron chi connectivity index (χ2n) is 6.52. The van der Waals surface area contributed by atoms with Crippen molar-refractivity contribution >= 4 is 74.6 Å². The first-order valence-corrected chi connectivity index (χ1v) is 11.3. The minimum atomic E-state index is -0.646. The van der Waals surface area contributed by atoms with Gasteiger partial charge in [-0.25, -0.2) is 4.79 Å². The van der Waals surface area contributed by atoms with Gasteiger partial charge in [0.1, 0.15) is 5.00 Å². The standard InChI is InChI=1S/C22H17Cl3N2O4S/c1-3-31-22(30)17-11(2)18(20(29)26-16-10-14(24)8-9-15(16)25)32-21(17)27-19(28)12-4-6-13(23)7-5-12/h4-10H,3H2,1-2H3,(H,26,29)(H,27,28). The molecule has 0 aliphatic rings. The molecule has 0 bridgehead atoms. The first-order valence-electron chi connectivity index (χ1n) is 9.35. The van der Waals surface area contributed by atoms with Crippen LogP contribution >= 0.6 is 46.1 Å². The lowest BCUT2D eigenvalue weighted by atomic mass is 10.1. The number of hydrogen-bond donors (Lipinski definition) is 2. The second kappa shape index (κ2) is 10.4. The number of carbonyl (C=O) groups is 3. The van der Waals surface area contributed by atoms with E-state index < -0.39 is 17.8 Å². The number of esters is 1. The monoisotopic (exact) mass is 510 g/mol. The third kappa shape index (κ3) is 5.42. The Labute approximate surface area is 203 Å². The summed E-state index contributed by atoms with van der Waals surface area (Å²) in [7, 11) is 0. The third-order valence-corrected chi connectivity index (χ3v) is 6.37. The number of rotatable bonds is 6. The highest BCUT2D eigenvalue weighted by atomic mass is 35.5. The quantitative estimate of drug-likeness (QED) is 0.361. The van der Waals surface area contributed by atoms with Gasteiger partial charge in [-0.05, 0) is 61.9 Å². The van der Waals surface area contributed by atoms with Crippen molar-refractivity contribution in [1.82, 2.24) is 0 Å². The van der Waals surface area contributed by atoms with E-state index in [9.17, 15) is 14.4 Å². The van der Waals surface area contributed by atoms with Gasteiger partial charge in [0.05, 0.1) is 27.8 Å². The molecule has 0 fully saturated rings. The van der Waals surface area contributed by atoms with E-state index >= 15 is 0 Å². The summed E-state index contributed by atoms with van der Waals surface area (Å²) in [6, 6.07) is 10.9. The first-order chi connectivity index (χ1) is 15.2. The lowest BCUT2D eigenvalue weighted by Gasteiger charge is -2.08. The molecule has 3 aromatic rings. The van der Waals surface area contributed by atoms with Crippen LogP contribution in [0.2, 0.25) is 15.1 Å². The number of hydrogen-bond acceptors (Lipinski definition) is 5. The molecule has 0 atom stereocenters. The summed E-state index contributed by atoms with van der Waals surface area (Å²) in [5.41, 5.74) is 1.14. The van der Waals surface area contributed by atoms with E-state index in [-0.39, 0.29) is 22.0 Å². The Morgan fingerprint density at radius 2 is 1.59 bits per heavy atom. The van der Waals surface area contributed by atoms with Crippen LogP contribution in [0.5, 0.6) is 0 Å². The van der Waals surface area contributed by atoms with Crippen LogP contribution in [0.15, 0.2) is 42.5 Å². The molecule has 0 unspecified atom stereocenters. The van der Waals surface area contributed by atoms with E-state index in [0.29, 0.717) is 31.9 Å². The van der Waals surface area contributed by atoms with Crippen molar-refractivity contribution in [2.75, 3.05) is 17.2 Å². The van der Waals surface area contributed by atoms with Crippen LogP contribution in [0.25, 0.3) is 0 Å². The van der Waals surface area contributed by atoms with Crippen molar-refractivity contribution in [2.45, 2.75) is 13.8 Å². The summed E-state index contributed by atoms with van der Waals surface area (Å²) < 4.78 is 5.13. The molecule has 0 aliphatic carbocycles. The number of carbonyl (C=O) groups excluding carboxylic acids is 3. The zero-order valence-corrected chi connectivity index (χ0v) is 20.0. The van der Waals surface area contributed by atoms with Crippen LogP contribution in [0.3, 0.4) is 0 Å². The predicted octanol–water partition coefficient (Wildman–Crippen LogP) is 6.70. The van der Waals surface area contributed by atoms with E-state index in [4.69, 9.17) is 39.5 Å². The molecular formula is C22H17Cl3N2O4S. The van der Waals surface area contributed by atoms with Crippen LogP contribution in [0, 0.1) is 6.92 Å². The predicted molar refractivity (Wildman–Crippen MR) is 129 cm³/mol. The van der Waals surface area contributed by atoms with Crippen LogP contribution in [0.4, 0.5) is 10.7 Å². The van der Waals surface area contributed by atoms with Gasteiger partial charge in [0.15, 0.2) is 0 Å². The molecule has 10 heteroatoms. The molecule has 0 saturated carbocycles. The molecule has 2 aromatic carbocycles. The molecule has 6 nitrogen and oxygen atoms in total. The molecule has 0 saturated heterocycles. The normalized spacial score (nSPS) is 10.5. The largest absolute Gasteiger partial charge is 0.462 e. The molecule has 1 aromatic heterocycles. The highest BCUT2D eigenvalue weighted by Gasteiger charge is 2.27. The van der Waals surface area contributed by atoms with E-state index in [1.807, 2.05) is 0 Å². The minimum Gasteiger partial charge on any atom is -0.462 e. The maximum atomic E-state index is 13.0. The van der Waals surface area contributed by atoms with Crippen LogP contribution < -0.4 is 10.6 Å². The van der Waals surface area contributed by atoms with Crippen LogP contribution in [0.1, 0.15) is 42.9 Å². The number of amides is 2. The fraction of sp³-hybridized carbons (Fsp3) is 0.136. The van der Waals surface area contributed by atoms with Crippen LogP contribution in [-0.4, -0.2) is 24.4 Å². The number of ether oxygens (including phenoxy) is 1.